The van der Waals surface area contributed by atoms with Gasteiger partial charge in [-0.1, -0.05) is 0 Å². The van der Waals surface area contributed by atoms with Crippen LogP contribution in [0.4, 0.5) is 4.79 Å². The van der Waals surface area contributed by atoms with Gasteiger partial charge in [0.15, 0.2) is 0 Å². The van der Waals surface area contributed by atoms with Gasteiger partial charge in [-0.2, -0.15) is 0 Å². The molecule has 6 heteroatoms. The number of hydrogen-bond donors (Lipinski definition) is 3. The van der Waals surface area contributed by atoms with E-state index < -0.39 is 11.7 Å². The Morgan fingerprint density at radius 3 is 2.25 bits per heavy atom. The van der Waals surface area contributed by atoms with E-state index >= 15 is 0 Å². The Morgan fingerprint density at radius 2 is 1.75 bits per heavy atom. The maximum absolute atomic E-state index is 11.2. The molecule has 0 bridgehead atoms. The first-order valence-electron chi connectivity index (χ1n) is 5.29. The van der Waals surface area contributed by atoms with Gasteiger partial charge in [0.05, 0.1) is 6.54 Å². The number of carbonyl (C=O) groups excluding carboxylic acids is 2. The Balaban J connectivity index is 3.45. The van der Waals surface area contributed by atoms with Crippen molar-refractivity contribution in [2.75, 3.05) is 19.6 Å². The lowest BCUT2D eigenvalue weighted by Gasteiger charge is -2.19. The molecule has 94 valence electrons. The molecule has 0 aliphatic heterocycles. The van der Waals surface area contributed by atoms with Crippen molar-refractivity contribution in [2.24, 2.45) is 5.73 Å². The number of hydrogen-bond acceptors (Lipinski definition) is 4. The second-order valence-corrected chi connectivity index (χ2v) is 4.34. The molecule has 6 nitrogen and oxygen atoms in total. The topological polar surface area (TPSA) is 93.5 Å². The van der Waals surface area contributed by atoms with Gasteiger partial charge in [0, 0.05) is 13.1 Å². The van der Waals surface area contributed by atoms with Gasteiger partial charge in [-0.3, -0.25) is 4.79 Å². The highest BCUT2D eigenvalue weighted by Gasteiger charge is 2.15. The molecule has 0 unspecified atom stereocenters. The maximum Gasteiger partial charge on any atom is 0.407 e. The predicted octanol–water partition coefficient (Wildman–Crippen LogP) is -0.0239. The zero-order valence-electron chi connectivity index (χ0n) is 10.1. The first-order chi connectivity index (χ1) is 7.35. The van der Waals surface area contributed by atoms with E-state index in [-0.39, 0.29) is 12.5 Å². The van der Waals surface area contributed by atoms with Crippen molar-refractivity contribution in [3.63, 3.8) is 0 Å². The molecule has 0 fully saturated rings. The summed E-state index contributed by atoms with van der Waals surface area (Å²) in [4.78, 5) is 21.9. The fraction of sp³-hybridized carbons (Fsp3) is 0.800. The van der Waals surface area contributed by atoms with Gasteiger partial charge in [0.1, 0.15) is 5.60 Å². The van der Waals surface area contributed by atoms with Crippen LogP contribution in [0.25, 0.3) is 0 Å². The summed E-state index contributed by atoms with van der Waals surface area (Å²) in [5, 5.41) is 5.19. The minimum absolute atomic E-state index is 0.0144. The zero-order valence-corrected chi connectivity index (χ0v) is 10.1. The number of carbonyl (C=O) groups is 2. The van der Waals surface area contributed by atoms with Gasteiger partial charge < -0.3 is 21.1 Å². The second-order valence-electron chi connectivity index (χ2n) is 4.34. The summed E-state index contributed by atoms with van der Waals surface area (Å²) < 4.78 is 5.03. The van der Waals surface area contributed by atoms with Gasteiger partial charge in [-0.05, 0) is 27.2 Å². The summed E-state index contributed by atoms with van der Waals surface area (Å²) in [6.45, 7) is 6.33. The standard InChI is InChI=1S/C10H21N3O3/c1-10(2,3)16-9(15)13-6-4-5-12-8(14)7-11/h4-7,11H2,1-3H3,(H,12,14)(H,13,15). The Morgan fingerprint density at radius 1 is 1.19 bits per heavy atom. The summed E-state index contributed by atoms with van der Waals surface area (Å²) >= 11 is 0. The summed E-state index contributed by atoms with van der Waals surface area (Å²) in [7, 11) is 0. The fourth-order valence-electron chi connectivity index (χ4n) is 0.893. The van der Waals surface area contributed by atoms with Crippen molar-refractivity contribution in [3.05, 3.63) is 0 Å². The van der Waals surface area contributed by atoms with Crippen LogP contribution in [-0.4, -0.2) is 37.2 Å². The van der Waals surface area contributed by atoms with Crippen molar-refractivity contribution >= 4 is 12.0 Å². The van der Waals surface area contributed by atoms with Crippen molar-refractivity contribution in [1.29, 1.82) is 0 Å². The van der Waals surface area contributed by atoms with Crippen LogP contribution in [0.1, 0.15) is 27.2 Å². The molecule has 16 heavy (non-hydrogen) atoms. The molecule has 0 saturated carbocycles. The van der Waals surface area contributed by atoms with Gasteiger partial charge in [0.2, 0.25) is 5.91 Å². The number of nitrogens with two attached hydrogens (primary N) is 1. The lowest BCUT2D eigenvalue weighted by Crippen LogP contribution is -2.35. The third-order valence-electron chi connectivity index (χ3n) is 1.53. The molecule has 0 heterocycles. The molecule has 0 aromatic rings. The summed E-state index contributed by atoms with van der Waals surface area (Å²) in [6, 6.07) is 0. The molecule has 0 aromatic carbocycles. The molecule has 0 radical (unpaired) electrons. The van der Waals surface area contributed by atoms with Gasteiger partial charge in [-0.25, -0.2) is 4.79 Å². The number of rotatable bonds is 5. The normalized spacial score (nSPS) is 10.8. The molecule has 4 N–H and O–H groups in total. The SMILES string of the molecule is CC(C)(C)OC(=O)NCCCNC(=O)CN. The van der Waals surface area contributed by atoms with Crippen LogP contribution in [0.5, 0.6) is 0 Å². The third kappa shape index (κ3) is 9.26. The summed E-state index contributed by atoms with van der Waals surface area (Å²) in [5.74, 6) is -0.197. The number of amides is 2. The van der Waals surface area contributed by atoms with Crippen molar-refractivity contribution in [2.45, 2.75) is 32.8 Å². The van der Waals surface area contributed by atoms with Crippen molar-refractivity contribution in [1.82, 2.24) is 10.6 Å². The van der Waals surface area contributed by atoms with Crippen LogP contribution < -0.4 is 16.4 Å². The van der Waals surface area contributed by atoms with Crippen molar-refractivity contribution in [3.8, 4) is 0 Å². The van der Waals surface area contributed by atoms with Crippen LogP contribution in [0, 0.1) is 0 Å². The van der Waals surface area contributed by atoms with Crippen LogP contribution in [-0.2, 0) is 9.53 Å². The van der Waals surface area contributed by atoms with Crippen LogP contribution in [0.3, 0.4) is 0 Å². The second kappa shape index (κ2) is 7.05. The van der Waals surface area contributed by atoms with Gasteiger partial charge in [-0.15, -0.1) is 0 Å². The highest BCUT2D eigenvalue weighted by atomic mass is 16.6. The van der Waals surface area contributed by atoms with E-state index in [9.17, 15) is 9.59 Å². The maximum atomic E-state index is 11.2. The lowest BCUT2D eigenvalue weighted by atomic mass is 10.2. The van der Waals surface area contributed by atoms with E-state index in [4.69, 9.17) is 10.5 Å². The number of nitrogens with one attached hydrogen (secondary N) is 2. The minimum Gasteiger partial charge on any atom is -0.444 e. The molecule has 0 aromatic heterocycles. The summed E-state index contributed by atoms with van der Waals surface area (Å²) in [5.41, 5.74) is 4.61. The largest absolute Gasteiger partial charge is 0.444 e. The van der Waals surface area contributed by atoms with E-state index in [1.807, 2.05) is 0 Å². The Hall–Kier alpha value is -1.30. The predicted molar refractivity (Wildman–Crippen MR) is 60.9 cm³/mol. The molecule has 0 atom stereocenters. The van der Waals surface area contributed by atoms with E-state index in [0.717, 1.165) is 0 Å². The highest BCUT2D eigenvalue weighted by molar-refractivity contribution is 5.77. The molecule has 0 saturated heterocycles. The molecular weight excluding hydrogens is 210 g/mol. The first kappa shape index (κ1) is 14.7. The van der Waals surface area contributed by atoms with Crippen LogP contribution in [0.15, 0.2) is 0 Å². The van der Waals surface area contributed by atoms with Gasteiger partial charge >= 0.3 is 6.09 Å². The van der Waals surface area contributed by atoms with Gasteiger partial charge in [0.25, 0.3) is 0 Å². The molecule has 0 aliphatic rings. The molecular formula is C10H21N3O3. The average molecular weight is 231 g/mol. The monoisotopic (exact) mass is 231 g/mol. The van der Waals surface area contributed by atoms with E-state index in [0.29, 0.717) is 19.5 Å². The molecule has 0 aliphatic carbocycles. The van der Waals surface area contributed by atoms with Crippen molar-refractivity contribution < 1.29 is 14.3 Å². The van der Waals surface area contributed by atoms with Crippen LogP contribution in [0.2, 0.25) is 0 Å². The molecule has 0 rings (SSSR count). The lowest BCUT2D eigenvalue weighted by molar-refractivity contribution is -0.119. The van der Waals surface area contributed by atoms with E-state index in [1.54, 1.807) is 20.8 Å². The molecule has 0 spiro atoms. The first-order valence-corrected chi connectivity index (χ1v) is 5.29. The quantitative estimate of drug-likeness (QED) is 0.579. The van der Waals surface area contributed by atoms with E-state index in [1.165, 1.54) is 0 Å². The Kier molecular flexibility index (Phi) is 6.48. The Labute approximate surface area is 95.9 Å². The third-order valence-corrected chi connectivity index (χ3v) is 1.53. The minimum atomic E-state index is -0.488. The average Bonchev–Trinajstić information content (AvgIpc) is 2.14. The fourth-order valence-corrected chi connectivity index (χ4v) is 0.893. The number of ether oxygens (including phenoxy) is 1. The summed E-state index contributed by atoms with van der Waals surface area (Å²) in [6.07, 6.45) is 0.197. The van der Waals surface area contributed by atoms with E-state index in [2.05, 4.69) is 10.6 Å². The highest BCUT2D eigenvalue weighted by Crippen LogP contribution is 2.06. The molecule has 2 amide bonds. The Bertz CT molecular complexity index is 236. The zero-order chi connectivity index (χ0) is 12.6. The smallest absolute Gasteiger partial charge is 0.407 e. The van der Waals surface area contributed by atoms with Crippen LogP contribution >= 0.6 is 0 Å². The number of alkyl carbamates (subject to hydrolysis) is 1.